The lowest BCUT2D eigenvalue weighted by molar-refractivity contribution is -0.00244. The van der Waals surface area contributed by atoms with E-state index in [2.05, 4.69) is 30.5 Å². The van der Waals surface area contributed by atoms with Crippen molar-refractivity contribution in [1.82, 2.24) is 14.5 Å². The molecule has 0 aliphatic carbocycles. The zero-order valence-corrected chi connectivity index (χ0v) is 17.8. The highest BCUT2D eigenvalue weighted by molar-refractivity contribution is 5.94. The predicted molar refractivity (Wildman–Crippen MR) is 115 cm³/mol. The summed E-state index contributed by atoms with van der Waals surface area (Å²) in [4.78, 5) is 20.3. The fourth-order valence-electron chi connectivity index (χ4n) is 4.40. The number of nitrogens with zero attached hydrogens (tertiary/aromatic N) is 3. The third-order valence-corrected chi connectivity index (χ3v) is 6.00. The lowest BCUT2D eigenvalue weighted by atomic mass is 10.1. The normalized spacial score (nSPS) is 18.0. The molecule has 0 N–H and O–H groups in total. The molecule has 1 fully saturated rings. The van der Waals surface area contributed by atoms with Gasteiger partial charge in [0, 0.05) is 31.8 Å². The minimum atomic E-state index is 0.0974. The van der Waals surface area contributed by atoms with Crippen LogP contribution in [0.2, 0.25) is 0 Å². The molecule has 0 spiro atoms. The number of hydrogen-bond acceptors (Lipinski definition) is 3. The van der Waals surface area contributed by atoms with E-state index in [4.69, 9.17) is 9.72 Å². The third-order valence-electron chi connectivity index (χ3n) is 6.00. The first-order valence-electron chi connectivity index (χ1n) is 11.2. The number of aromatic nitrogens is 2. The van der Waals surface area contributed by atoms with Crippen molar-refractivity contribution in [2.24, 2.45) is 5.92 Å². The van der Waals surface area contributed by atoms with Crippen molar-refractivity contribution < 1.29 is 9.53 Å². The van der Waals surface area contributed by atoms with Crippen molar-refractivity contribution in [2.45, 2.75) is 65.0 Å². The van der Waals surface area contributed by atoms with Crippen molar-refractivity contribution in [3.63, 3.8) is 0 Å². The van der Waals surface area contributed by atoms with Gasteiger partial charge in [0.2, 0.25) is 0 Å². The highest BCUT2D eigenvalue weighted by atomic mass is 16.5. The largest absolute Gasteiger partial charge is 0.378 e. The molecule has 1 aromatic heterocycles. The van der Waals surface area contributed by atoms with Gasteiger partial charge in [-0.25, -0.2) is 4.98 Å². The van der Waals surface area contributed by atoms with Gasteiger partial charge >= 0.3 is 0 Å². The second-order valence-corrected chi connectivity index (χ2v) is 8.78. The van der Waals surface area contributed by atoms with Crippen LogP contribution in [0.1, 0.15) is 62.1 Å². The van der Waals surface area contributed by atoms with Crippen LogP contribution >= 0.6 is 0 Å². The van der Waals surface area contributed by atoms with Gasteiger partial charge in [-0.3, -0.25) is 4.79 Å². The molecule has 5 heteroatoms. The number of likely N-dealkylation sites (tertiary alicyclic amines) is 1. The lowest BCUT2D eigenvalue weighted by Gasteiger charge is -2.32. The summed E-state index contributed by atoms with van der Waals surface area (Å²) in [6, 6.07) is 10.3. The Balaban J connectivity index is 1.54. The first kappa shape index (κ1) is 20.1. The molecule has 0 atom stereocenters. The van der Waals surface area contributed by atoms with E-state index in [1.54, 1.807) is 0 Å². The van der Waals surface area contributed by atoms with E-state index in [1.165, 1.54) is 6.42 Å². The Bertz CT molecular complexity index is 820. The highest BCUT2D eigenvalue weighted by Crippen LogP contribution is 2.28. The molecule has 1 aromatic carbocycles. The van der Waals surface area contributed by atoms with Gasteiger partial charge in [-0.05, 0) is 38.0 Å². The van der Waals surface area contributed by atoms with E-state index >= 15 is 0 Å². The van der Waals surface area contributed by atoms with E-state index in [-0.39, 0.29) is 12.0 Å². The molecule has 2 aliphatic rings. The van der Waals surface area contributed by atoms with Crippen molar-refractivity contribution in [3.8, 4) is 11.4 Å². The number of imidazole rings is 1. The number of piperidine rings is 1. The Hall–Kier alpha value is -2.14. The minimum Gasteiger partial charge on any atom is -0.378 e. The fourth-order valence-corrected chi connectivity index (χ4v) is 4.40. The monoisotopic (exact) mass is 395 g/mol. The van der Waals surface area contributed by atoms with Crippen molar-refractivity contribution in [3.05, 3.63) is 41.7 Å². The topological polar surface area (TPSA) is 47.4 Å². The standard InChI is InChI=1S/C24H33N3O2/c1-18(2)17-29-20-12-15-26(16-13-20)24(28)22-21-11-7-4-8-14-27(21)23(25-22)19-9-5-3-6-10-19/h3,5-6,9-10,18,20H,4,7-8,11-17H2,1-2H3. The van der Waals surface area contributed by atoms with Crippen molar-refractivity contribution >= 4 is 5.91 Å². The Morgan fingerprint density at radius 2 is 1.86 bits per heavy atom. The van der Waals surface area contributed by atoms with Gasteiger partial charge in [-0.2, -0.15) is 0 Å². The Morgan fingerprint density at radius 1 is 1.10 bits per heavy atom. The third kappa shape index (κ3) is 4.55. The van der Waals surface area contributed by atoms with Crippen LogP contribution in [-0.2, 0) is 17.7 Å². The molecular formula is C24H33N3O2. The van der Waals surface area contributed by atoms with E-state index in [1.807, 2.05) is 23.1 Å². The molecule has 5 nitrogen and oxygen atoms in total. The summed E-state index contributed by atoms with van der Waals surface area (Å²) in [6.45, 7) is 7.61. The van der Waals surface area contributed by atoms with Crippen LogP contribution < -0.4 is 0 Å². The maximum atomic E-state index is 13.4. The van der Waals surface area contributed by atoms with Gasteiger partial charge in [0.1, 0.15) is 11.5 Å². The smallest absolute Gasteiger partial charge is 0.274 e. The Labute approximate surface area is 174 Å². The average Bonchev–Trinajstić information content (AvgIpc) is 2.93. The maximum absolute atomic E-state index is 13.4. The summed E-state index contributed by atoms with van der Waals surface area (Å²) in [6.07, 6.45) is 6.54. The van der Waals surface area contributed by atoms with Crippen molar-refractivity contribution in [1.29, 1.82) is 0 Å². The van der Waals surface area contributed by atoms with Crippen LogP contribution in [0.3, 0.4) is 0 Å². The summed E-state index contributed by atoms with van der Waals surface area (Å²) in [5.74, 6) is 1.59. The Morgan fingerprint density at radius 3 is 2.59 bits per heavy atom. The van der Waals surface area contributed by atoms with Gasteiger partial charge in [-0.1, -0.05) is 50.6 Å². The molecule has 29 heavy (non-hydrogen) atoms. The number of fused-ring (bicyclic) bond motifs is 1. The summed E-state index contributed by atoms with van der Waals surface area (Å²) >= 11 is 0. The fraction of sp³-hybridized carbons (Fsp3) is 0.583. The zero-order valence-electron chi connectivity index (χ0n) is 17.8. The van der Waals surface area contributed by atoms with E-state index < -0.39 is 0 Å². The SMILES string of the molecule is CC(C)COC1CCN(C(=O)c2nc(-c3ccccc3)n3c2CCCCC3)CC1. The number of amides is 1. The predicted octanol–water partition coefficient (Wildman–Crippen LogP) is 4.55. The van der Waals surface area contributed by atoms with Gasteiger partial charge in [0.05, 0.1) is 11.8 Å². The Kier molecular flexibility index (Phi) is 6.34. The van der Waals surface area contributed by atoms with Gasteiger partial charge in [-0.15, -0.1) is 0 Å². The quantitative estimate of drug-likeness (QED) is 0.746. The molecule has 1 saturated heterocycles. The molecule has 0 saturated carbocycles. The zero-order chi connectivity index (χ0) is 20.2. The molecule has 3 heterocycles. The highest BCUT2D eigenvalue weighted by Gasteiger charge is 2.30. The molecule has 4 rings (SSSR count). The molecule has 156 valence electrons. The number of hydrogen-bond donors (Lipinski definition) is 0. The summed E-state index contributed by atoms with van der Waals surface area (Å²) in [5, 5.41) is 0. The molecule has 1 amide bonds. The molecular weight excluding hydrogens is 362 g/mol. The molecule has 0 bridgehead atoms. The maximum Gasteiger partial charge on any atom is 0.274 e. The van der Waals surface area contributed by atoms with Crippen LogP contribution in [0, 0.1) is 5.92 Å². The first-order valence-corrected chi connectivity index (χ1v) is 11.2. The second-order valence-electron chi connectivity index (χ2n) is 8.78. The van der Waals surface area contributed by atoms with Crippen molar-refractivity contribution in [2.75, 3.05) is 19.7 Å². The number of carbonyl (C=O) groups excluding carboxylic acids is 1. The van der Waals surface area contributed by atoms with Crippen LogP contribution in [0.5, 0.6) is 0 Å². The van der Waals surface area contributed by atoms with E-state index in [0.717, 1.165) is 75.4 Å². The first-order chi connectivity index (χ1) is 14.1. The second kappa shape index (κ2) is 9.12. The number of benzene rings is 1. The van der Waals surface area contributed by atoms with E-state index in [9.17, 15) is 4.79 Å². The summed E-state index contributed by atoms with van der Waals surface area (Å²) in [7, 11) is 0. The van der Waals surface area contributed by atoms with Gasteiger partial charge < -0.3 is 14.2 Å². The average molecular weight is 396 g/mol. The lowest BCUT2D eigenvalue weighted by Crippen LogP contribution is -2.41. The van der Waals surface area contributed by atoms with Crippen LogP contribution in [0.4, 0.5) is 0 Å². The number of ether oxygens (including phenoxy) is 1. The van der Waals surface area contributed by atoms with Crippen LogP contribution in [0.25, 0.3) is 11.4 Å². The number of rotatable bonds is 5. The summed E-state index contributed by atoms with van der Waals surface area (Å²) in [5.41, 5.74) is 2.90. The molecule has 0 radical (unpaired) electrons. The minimum absolute atomic E-state index is 0.0974. The van der Waals surface area contributed by atoms with Gasteiger partial charge in [0.15, 0.2) is 0 Å². The molecule has 2 aliphatic heterocycles. The van der Waals surface area contributed by atoms with Crippen LogP contribution in [-0.4, -0.2) is 46.2 Å². The van der Waals surface area contributed by atoms with Crippen LogP contribution in [0.15, 0.2) is 30.3 Å². The van der Waals surface area contributed by atoms with E-state index in [0.29, 0.717) is 11.6 Å². The van der Waals surface area contributed by atoms with Gasteiger partial charge in [0.25, 0.3) is 5.91 Å². The number of carbonyl (C=O) groups is 1. The molecule has 0 unspecified atom stereocenters. The molecule has 2 aromatic rings. The summed E-state index contributed by atoms with van der Waals surface area (Å²) < 4.78 is 8.29.